The van der Waals surface area contributed by atoms with E-state index in [0.29, 0.717) is 32.8 Å². The summed E-state index contributed by atoms with van der Waals surface area (Å²) >= 11 is 0. The Morgan fingerprint density at radius 3 is 3.00 bits per heavy atom. The summed E-state index contributed by atoms with van der Waals surface area (Å²) in [6, 6.07) is -0.352. The van der Waals surface area contributed by atoms with Crippen molar-refractivity contribution in [2.45, 2.75) is 19.1 Å². The van der Waals surface area contributed by atoms with E-state index in [-0.39, 0.29) is 30.6 Å². The predicted molar refractivity (Wildman–Crippen MR) is 64.9 cm³/mol. The third kappa shape index (κ3) is 2.98. The minimum Gasteiger partial charge on any atom is -0.374 e. The molecule has 2 heterocycles. The zero-order valence-electron chi connectivity index (χ0n) is 10.6. The van der Waals surface area contributed by atoms with Crippen LogP contribution in [0.4, 0.5) is 4.79 Å². The second kappa shape index (κ2) is 5.64. The number of urea groups is 1. The van der Waals surface area contributed by atoms with E-state index in [1.165, 1.54) is 4.90 Å². The van der Waals surface area contributed by atoms with Gasteiger partial charge < -0.3 is 15.8 Å². The molecule has 0 aromatic carbocycles. The smallest absolute Gasteiger partial charge is 0.324 e. The first-order valence-corrected chi connectivity index (χ1v) is 6.25. The summed E-state index contributed by atoms with van der Waals surface area (Å²) < 4.78 is 5.53. The van der Waals surface area contributed by atoms with Gasteiger partial charge in [0.25, 0.3) is 0 Å². The number of morpholine rings is 1. The molecular weight excluding hydrogens is 236 g/mol. The van der Waals surface area contributed by atoms with Gasteiger partial charge in [-0.1, -0.05) is 0 Å². The molecule has 2 fully saturated rings. The lowest BCUT2D eigenvalue weighted by Gasteiger charge is -2.34. The molecule has 18 heavy (non-hydrogen) atoms. The van der Waals surface area contributed by atoms with Gasteiger partial charge in [0.2, 0.25) is 5.91 Å². The molecule has 102 valence electrons. The Bertz CT molecular complexity index is 334. The molecular formula is C11H20N4O3. The van der Waals surface area contributed by atoms with Gasteiger partial charge >= 0.3 is 6.03 Å². The summed E-state index contributed by atoms with van der Waals surface area (Å²) in [5.74, 6) is -0.157. The summed E-state index contributed by atoms with van der Waals surface area (Å²) in [6.07, 6.45) is -0.0426. The van der Waals surface area contributed by atoms with Crippen LogP contribution in [0.5, 0.6) is 0 Å². The Labute approximate surface area is 106 Å². The van der Waals surface area contributed by atoms with Gasteiger partial charge in [-0.2, -0.15) is 0 Å². The van der Waals surface area contributed by atoms with Crippen molar-refractivity contribution in [1.82, 2.24) is 15.1 Å². The van der Waals surface area contributed by atoms with Crippen LogP contribution in [0.1, 0.15) is 6.92 Å². The molecule has 3 N–H and O–H groups in total. The molecule has 2 rings (SSSR count). The minimum absolute atomic E-state index is 0.0426. The molecule has 0 aliphatic carbocycles. The molecule has 2 atom stereocenters. The number of imide groups is 1. The van der Waals surface area contributed by atoms with E-state index in [4.69, 9.17) is 10.5 Å². The fourth-order valence-electron chi connectivity index (χ4n) is 2.18. The van der Waals surface area contributed by atoms with Gasteiger partial charge in [0.05, 0.1) is 19.3 Å². The van der Waals surface area contributed by atoms with Crippen molar-refractivity contribution in [2.24, 2.45) is 5.73 Å². The van der Waals surface area contributed by atoms with Crippen LogP contribution >= 0.6 is 0 Å². The van der Waals surface area contributed by atoms with Crippen LogP contribution in [0.3, 0.4) is 0 Å². The largest absolute Gasteiger partial charge is 0.374 e. The Hall–Kier alpha value is -1.18. The van der Waals surface area contributed by atoms with Crippen molar-refractivity contribution in [3.8, 4) is 0 Å². The van der Waals surface area contributed by atoms with Crippen LogP contribution in [-0.2, 0) is 9.53 Å². The average Bonchev–Trinajstić information content (AvgIpc) is 2.76. The van der Waals surface area contributed by atoms with Gasteiger partial charge in [0.1, 0.15) is 0 Å². The van der Waals surface area contributed by atoms with Crippen LogP contribution in [0.25, 0.3) is 0 Å². The summed E-state index contributed by atoms with van der Waals surface area (Å²) in [5.41, 5.74) is 5.79. The van der Waals surface area contributed by atoms with E-state index < -0.39 is 0 Å². The van der Waals surface area contributed by atoms with Crippen LogP contribution in [0.2, 0.25) is 0 Å². The number of carbonyl (C=O) groups excluding carboxylic acids is 2. The summed E-state index contributed by atoms with van der Waals surface area (Å²) in [7, 11) is 0. The zero-order chi connectivity index (χ0) is 13.1. The van der Waals surface area contributed by atoms with Crippen LogP contribution < -0.4 is 11.1 Å². The molecule has 7 nitrogen and oxygen atoms in total. The standard InChI is InChI=1S/C11H20N4O3/c1-8(12)9-6-14(4-5-18-9)7-10(16)15-3-2-13-11(15)17/h8-9H,2-7,12H2,1H3,(H,13,17). The summed E-state index contributed by atoms with van der Waals surface area (Å²) in [5, 5.41) is 2.62. The quantitative estimate of drug-likeness (QED) is 0.647. The summed E-state index contributed by atoms with van der Waals surface area (Å²) in [6.45, 7) is 5.05. The molecule has 0 saturated carbocycles. The molecule has 2 saturated heterocycles. The summed E-state index contributed by atoms with van der Waals surface area (Å²) in [4.78, 5) is 26.6. The highest BCUT2D eigenvalue weighted by Gasteiger charge is 2.30. The maximum Gasteiger partial charge on any atom is 0.324 e. The molecule has 0 aromatic heterocycles. The van der Waals surface area contributed by atoms with Crippen molar-refractivity contribution in [3.05, 3.63) is 0 Å². The van der Waals surface area contributed by atoms with E-state index >= 15 is 0 Å². The van der Waals surface area contributed by atoms with Crippen molar-refractivity contribution in [1.29, 1.82) is 0 Å². The first kappa shape index (κ1) is 13.3. The monoisotopic (exact) mass is 256 g/mol. The third-order valence-corrected chi connectivity index (χ3v) is 3.28. The van der Waals surface area contributed by atoms with Gasteiger partial charge in [-0.25, -0.2) is 4.79 Å². The first-order valence-electron chi connectivity index (χ1n) is 6.25. The van der Waals surface area contributed by atoms with E-state index in [1.54, 1.807) is 0 Å². The van der Waals surface area contributed by atoms with Crippen LogP contribution in [0, 0.1) is 0 Å². The van der Waals surface area contributed by atoms with Gasteiger partial charge in [-0.15, -0.1) is 0 Å². The van der Waals surface area contributed by atoms with E-state index in [9.17, 15) is 9.59 Å². The number of nitrogens with zero attached hydrogens (tertiary/aromatic N) is 2. The van der Waals surface area contributed by atoms with E-state index in [2.05, 4.69) is 5.32 Å². The Kier molecular flexibility index (Phi) is 4.15. The second-order valence-electron chi connectivity index (χ2n) is 4.78. The predicted octanol–water partition coefficient (Wildman–Crippen LogP) is -1.41. The molecule has 0 aromatic rings. The van der Waals surface area contributed by atoms with Gasteiger partial charge in [-0.3, -0.25) is 14.6 Å². The highest BCUT2D eigenvalue weighted by molar-refractivity contribution is 5.96. The zero-order valence-corrected chi connectivity index (χ0v) is 10.6. The van der Waals surface area contributed by atoms with E-state index in [1.807, 2.05) is 11.8 Å². The maximum absolute atomic E-state index is 12.0. The fourth-order valence-corrected chi connectivity index (χ4v) is 2.18. The number of amides is 3. The molecule has 0 radical (unpaired) electrons. The van der Waals surface area contributed by atoms with Gasteiger partial charge in [-0.05, 0) is 6.92 Å². The normalized spacial score (nSPS) is 27.1. The fraction of sp³-hybridized carbons (Fsp3) is 0.818. The number of rotatable bonds is 3. The third-order valence-electron chi connectivity index (χ3n) is 3.28. The SMILES string of the molecule is CC(N)C1CN(CC(=O)N2CCNC2=O)CCO1. The first-order chi connectivity index (χ1) is 8.58. The van der Waals surface area contributed by atoms with Crippen molar-refractivity contribution in [3.63, 3.8) is 0 Å². The van der Waals surface area contributed by atoms with Gasteiger partial charge in [0, 0.05) is 32.2 Å². The Balaban J connectivity index is 1.85. The second-order valence-corrected chi connectivity index (χ2v) is 4.78. The topological polar surface area (TPSA) is 87.9 Å². The van der Waals surface area contributed by atoms with Gasteiger partial charge in [0.15, 0.2) is 0 Å². The Morgan fingerprint density at radius 1 is 1.61 bits per heavy atom. The lowest BCUT2D eigenvalue weighted by atomic mass is 10.1. The minimum atomic E-state index is -0.294. The lowest BCUT2D eigenvalue weighted by molar-refractivity contribution is -0.131. The number of nitrogens with one attached hydrogen (secondary N) is 1. The highest BCUT2D eigenvalue weighted by atomic mass is 16.5. The molecule has 2 aliphatic rings. The average molecular weight is 256 g/mol. The van der Waals surface area contributed by atoms with Crippen LogP contribution in [0.15, 0.2) is 0 Å². The number of nitrogens with two attached hydrogens (primary N) is 1. The molecule has 0 spiro atoms. The Morgan fingerprint density at radius 2 is 2.39 bits per heavy atom. The number of hydrogen-bond acceptors (Lipinski definition) is 5. The number of hydrogen-bond donors (Lipinski definition) is 2. The number of carbonyl (C=O) groups is 2. The van der Waals surface area contributed by atoms with Crippen LogP contribution in [-0.4, -0.2) is 73.2 Å². The highest BCUT2D eigenvalue weighted by Crippen LogP contribution is 2.08. The number of ether oxygens (including phenoxy) is 1. The molecule has 7 heteroatoms. The van der Waals surface area contributed by atoms with Crippen molar-refractivity contribution in [2.75, 3.05) is 39.3 Å². The van der Waals surface area contributed by atoms with Crippen molar-refractivity contribution >= 4 is 11.9 Å². The molecule has 2 aliphatic heterocycles. The molecule has 3 amide bonds. The van der Waals surface area contributed by atoms with E-state index in [0.717, 1.165) is 0 Å². The maximum atomic E-state index is 12.0. The molecule has 0 bridgehead atoms. The molecule has 2 unspecified atom stereocenters. The van der Waals surface area contributed by atoms with Crippen molar-refractivity contribution < 1.29 is 14.3 Å². The lowest BCUT2D eigenvalue weighted by Crippen LogP contribution is -2.52.